The number of carbonyl (C=O) groups is 1. The van der Waals surface area contributed by atoms with Gasteiger partial charge in [0, 0.05) is 30.9 Å². The molecule has 4 rings (SSSR count). The standard InChI is InChI=1S/C23H31ClN4O3/c1-15-10-19(27-28(15)20-12-25-13-21(20)29)16-6-7-18(24)17(11-16)22(30)26-14-23(31)8-4-2-3-5-9-23/h6-7,10-11,20-21,25,29,31H,2-5,8-9,12-14H2,1H3,(H,26,30). The largest absolute Gasteiger partial charge is 0.390 e. The van der Waals surface area contributed by atoms with Crippen molar-refractivity contribution in [1.82, 2.24) is 20.4 Å². The van der Waals surface area contributed by atoms with Crippen molar-refractivity contribution in [2.24, 2.45) is 0 Å². The Balaban J connectivity index is 1.51. The van der Waals surface area contributed by atoms with Crippen LogP contribution in [0.2, 0.25) is 5.02 Å². The normalized spacial score (nSPS) is 23.5. The van der Waals surface area contributed by atoms with Gasteiger partial charge in [-0.25, -0.2) is 0 Å². The number of hydrogen-bond acceptors (Lipinski definition) is 5. The van der Waals surface area contributed by atoms with Gasteiger partial charge in [-0.15, -0.1) is 0 Å². The van der Waals surface area contributed by atoms with E-state index in [4.69, 9.17) is 11.6 Å². The maximum absolute atomic E-state index is 12.9. The summed E-state index contributed by atoms with van der Waals surface area (Å²) in [6.07, 6.45) is 5.16. The number of amides is 1. The number of β-amino-alcohol motifs (C(OH)–C–C–N with tert-alkyl or cyclic N) is 1. The summed E-state index contributed by atoms with van der Waals surface area (Å²) < 4.78 is 1.84. The van der Waals surface area contributed by atoms with E-state index in [9.17, 15) is 15.0 Å². The summed E-state index contributed by atoms with van der Waals surface area (Å²) >= 11 is 6.33. The molecule has 1 aromatic carbocycles. The van der Waals surface area contributed by atoms with Crippen LogP contribution in [0, 0.1) is 6.92 Å². The molecule has 8 heteroatoms. The molecule has 0 radical (unpaired) electrons. The first-order valence-electron chi connectivity index (χ1n) is 11.1. The first kappa shape index (κ1) is 22.3. The van der Waals surface area contributed by atoms with E-state index in [2.05, 4.69) is 15.7 Å². The molecule has 1 saturated carbocycles. The molecule has 2 atom stereocenters. The topological polar surface area (TPSA) is 99.4 Å². The summed E-state index contributed by atoms with van der Waals surface area (Å²) in [4.78, 5) is 12.9. The molecule has 2 aliphatic rings. The molecule has 168 valence electrons. The molecule has 0 bridgehead atoms. The highest BCUT2D eigenvalue weighted by Crippen LogP contribution is 2.29. The fraction of sp³-hybridized carbons (Fsp3) is 0.565. The van der Waals surface area contributed by atoms with Crippen molar-refractivity contribution in [3.63, 3.8) is 0 Å². The van der Waals surface area contributed by atoms with Crippen molar-refractivity contribution >= 4 is 17.5 Å². The van der Waals surface area contributed by atoms with E-state index in [0.717, 1.165) is 42.6 Å². The Kier molecular flexibility index (Phi) is 6.67. The zero-order chi connectivity index (χ0) is 22.0. The van der Waals surface area contributed by atoms with Crippen molar-refractivity contribution in [3.8, 4) is 11.3 Å². The number of aromatic nitrogens is 2. The SMILES string of the molecule is Cc1cc(-c2ccc(Cl)c(C(=O)NCC3(O)CCCCCC3)c2)nn1C1CNCC1O. The second kappa shape index (κ2) is 9.28. The Morgan fingerprint density at radius 2 is 2.00 bits per heavy atom. The monoisotopic (exact) mass is 446 g/mol. The minimum absolute atomic E-state index is 0.107. The van der Waals surface area contributed by atoms with E-state index in [0.29, 0.717) is 36.5 Å². The molecule has 1 aliphatic heterocycles. The zero-order valence-electron chi connectivity index (χ0n) is 17.9. The average molecular weight is 447 g/mol. The number of aryl methyl sites for hydroxylation is 1. The lowest BCUT2D eigenvalue weighted by Crippen LogP contribution is -2.42. The third-order valence-corrected chi connectivity index (χ3v) is 6.84. The fourth-order valence-electron chi connectivity index (χ4n) is 4.63. The molecule has 2 fully saturated rings. The Labute approximate surface area is 187 Å². The quantitative estimate of drug-likeness (QED) is 0.529. The van der Waals surface area contributed by atoms with E-state index in [-0.39, 0.29) is 18.5 Å². The van der Waals surface area contributed by atoms with Crippen LogP contribution in [-0.2, 0) is 0 Å². The average Bonchev–Trinajstić information content (AvgIpc) is 3.26. The lowest BCUT2D eigenvalue weighted by molar-refractivity contribution is 0.0246. The molecule has 1 aliphatic carbocycles. The maximum Gasteiger partial charge on any atom is 0.252 e. The molecule has 2 aromatic rings. The summed E-state index contributed by atoms with van der Waals surface area (Å²) in [5.74, 6) is -0.295. The first-order valence-corrected chi connectivity index (χ1v) is 11.5. The van der Waals surface area contributed by atoms with E-state index in [1.165, 1.54) is 0 Å². The number of aliphatic hydroxyl groups excluding tert-OH is 1. The maximum atomic E-state index is 12.9. The van der Waals surface area contributed by atoms with Gasteiger partial charge in [0.15, 0.2) is 0 Å². The van der Waals surface area contributed by atoms with Crippen LogP contribution in [0.3, 0.4) is 0 Å². The molecule has 1 saturated heterocycles. The van der Waals surface area contributed by atoms with E-state index in [1.54, 1.807) is 12.1 Å². The summed E-state index contributed by atoms with van der Waals surface area (Å²) in [5, 5.41) is 32.1. The van der Waals surface area contributed by atoms with Crippen molar-refractivity contribution in [1.29, 1.82) is 0 Å². The van der Waals surface area contributed by atoms with Crippen LogP contribution < -0.4 is 10.6 Å². The minimum Gasteiger partial charge on any atom is -0.390 e. The van der Waals surface area contributed by atoms with Crippen LogP contribution in [-0.4, -0.2) is 57.2 Å². The Hall–Kier alpha value is -1.93. The number of aliphatic hydroxyl groups is 2. The third-order valence-electron chi connectivity index (χ3n) is 6.51. The van der Waals surface area contributed by atoms with Gasteiger partial charge >= 0.3 is 0 Å². The molecule has 4 N–H and O–H groups in total. The van der Waals surface area contributed by atoms with Gasteiger partial charge in [0.05, 0.1) is 34.0 Å². The van der Waals surface area contributed by atoms with Gasteiger partial charge in [-0.3, -0.25) is 9.48 Å². The molecular formula is C23H31ClN4O3. The van der Waals surface area contributed by atoms with Gasteiger partial charge in [-0.05, 0) is 38.0 Å². The van der Waals surface area contributed by atoms with Crippen molar-refractivity contribution in [2.75, 3.05) is 19.6 Å². The summed E-state index contributed by atoms with van der Waals surface area (Å²) in [6.45, 7) is 3.41. The van der Waals surface area contributed by atoms with E-state index < -0.39 is 11.7 Å². The second-order valence-corrected chi connectivity index (χ2v) is 9.33. The predicted molar refractivity (Wildman–Crippen MR) is 120 cm³/mol. The Morgan fingerprint density at radius 3 is 2.68 bits per heavy atom. The number of carbonyl (C=O) groups excluding carboxylic acids is 1. The molecule has 1 aromatic heterocycles. The molecule has 7 nitrogen and oxygen atoms in total. The molecule has 2 unspecified atom stereocenters. The van der Waals surface area contributed by atoms with Crippen LogP contribution in [0.5, 0.6) is 0 Å². The predicted octanol–water partition coefficient (Wildman–Crippen LogP) is 2.83. The number of halogens is 1. The van der Waals surface area contributed by atoms with Gasteiger partial charge in [0.25, 0.3) is 5.91 Å². The molecular weight excluding hydrogens is 416 g/mol. The van der Waals surface area contributed by atoms with Gasteiger partial charge in [-0.2, -0.15) is 5.10 Å². The van der Waals surface area contributed by atoms with Crippen LogP contribution in [0.15, 0.2) is 24.3 Å². The van der Waals surface area contributed by atoms with Crippen molar-refractivity contribution < 1.29 is 15.0 Å². The summed E-state index contributed by atoms with van der Waals surface area (Å²) in [6, 6.07) is 7.12. The smallest absolute Gasteiger partial charge is 0.252 e. The molecule has 1 amide bonds. The van der Waals surface area contributed by atoms with Crippen molar-refractivity contribution in [2.45, 2.75) is 63.2 Å². The summed E-state index contributed by atoms with van der Waals surface area (Å²) in [5.41, 5.74) is 1.97. The lowest BCUT2D eigenvalue weighted by atomic mass is 9.94. The van der Waals surface area contributed by atoms with Gasteiger partial charge in [-0.1, -0.05) is 43.4 Å². The number of rotatable bonds is 5. The number of nitrogens with zero attached hydrogens (tertiary/aromatic N) is 2. The molecule has 2 heterocycles. The number of nitrogens with one attached hydrogen (secondary N) is 2. The highest BCUT2D eigenvalue weighted by Gasteiger charge is 2.30. The Bertz CT molecular complexity index is 937. The van der Waals surface area contributed by atoms with Gasteiger partial charge in [0.1, 0.15) is 0 Å². The number of benzene rings is 1. The van der Waals surface area contributed by atoms with Crippen LogP contribution >= 0.6 is 11.6 Å². The highest BCUT2D eigenvalue weighted by atomic mass is 35.5. The van der Waals surface area contributed by atoms with Crippen LogP contribution in [0.25, 0.3) is 11.3 Å². The molecule has 31 heavy (non-hydrogen) atoms. The van der Waals surface area contributed by atoms with Crippen LogP contribution in [0.4, 0.5) is 0 Å². The number of hydrogen-bond donors (Lipinski definition) is 4. The third kappa shape index (κ3) is 4.95. The van der Waals surface area contributed by atoms with E-state index in [1.807, 2.05) is 23.7 Å². The Morgan fingerprint density at radius 1 is 1.26 bits per heavy atom. The van der Waals surface area contributed by atoms with Crippen LogP contribution in [0.1, 0.15) is 60.6 Å². The van der Waals surface area contributed by atoms with E-state index >= 15 is 0 Å². The molecule has 0 spiro atoms. The first-order chi connectivity index (χ1) is 14.9. The van der Waals surface area contributed by atoms with Gasteiger partial charge in [0.2, 0.25) is 0 Å². The second-order valence-electron chi connectivity index (χ2n) is 8.92. The fourth-order valence-corrected chi connectivity index (χ4v) is 4.83. The van der Waals surface area contributed by atoms with Crippen molar-refractivity contribution in [3.05, 3.63) is 40.5 Å². The van der Waals surface area contributed by atoms with Gasteiger partial charge < -0.3 is 20.8 Å². The highest BCUT2D eigenvalue weighted by molar-refractivity contribution is 6.34. The minimum atomic E-state index is -0.845. The zero-order valence-corrected chi connectivity index (χ0v) is 18.7. The summed E-state index contributed by atoms with van der Waals surface area (Å²) in [7, 11) is 0. The lowest BCUT2D eigenvalue weighted by Gasteiger charge is -2.26.